The molecule has 12 aromatic rings. The van der Waals surface area contributed by atoms with Crippen molar-refractivity contribution in [2.45, 2.75) is 19.6 Å². The molecule has 12 aromatic carbocycles. The van der Waals surface area contributed by atoms with Crippen molar-refractivity contribution in [3.05, 3.63) is 273 Å². The molecule has 0 fully saturated rings. The zero-order chi connectivity index (χ0) is 48.2. The third-order valence-corrected chi connectivity index (χ3v) is 16.8. The highest BCUT2D eigenvalue weighted by Gasteiger charge is 2.39. The predicted octanol–water partition coefficient (Wildman–Crippen LogP) is 17.4. The molecule has 0 spiro atoms. The van der Waals surface area contributed by atoms with E-state index < -0.39 is 0 Å². The second-order valence-corrected chi connectivity index (χ2v) is 20.9. The Morgan fingerprint density at radius 1 is 0.247 bits per heavy atom. The number of anilines is 6. The van der Waals surface area contributed by atoms with Crippen LogP contribution in [-0.2, 0) is 0 Å². The van der Waals surface area contributed by atoms with Crippen molar-refractivity contribution in [1.29, 1.82) is 0 Å². The molecule has 0 unspecified atom stereocenters. The fraction of sp³-hybridized carbons (Fsp3) is 0. The molecule has 0 aliphatic carbocycles. The van der Waals surface area contributed by atoms with Crippen molar-refractivity contribution in [3.63, 3.8) is 0 Å². The number of para-hydroxylation sites is 4. The molecule has 0 atom stereocenters. The molecule has 73 heavy (non-hydrogen) atoms. The molecular weight excluding hydrogens is 920 g/mol. The molecule has 5 heteroatoms. The first-order valence-corrected chi connectivity index (χ1v) is 26.6. The lowest BCUT2D eigenvalue weighted by atomic mass is 9.36. The van der Waals surface area contributed by atoms with Gasteiger partial charge in [0.05, 0.1) is 0 Å². The lowest BCUT2D eigenvalue weighted by Crippen LogP contribution is -2.58. The van der Waals surface area contributed by atoms with E-state index in [2.05, 4.69) is 283 Å². The highest BCUT2D eigenvalue weighted by atomic mass is 32.2. The lowest BCUT2D eigenvalue weighted by molar-refractivity contribution is 1.25. The van der Waals surface area contributed by atoms with Gasteiger partial charge in [0.1, 0.15) is 0 Å². The monoisotopic (exact) mass is 964 g/mol. The number of fused-ring (bicyclic) bond motifs is 6. The standard InChI is InChI=1S/C68H45BN2S2/c1-6-21-46(22-7-1)66-56-33-16-18-35-58(56)67(59-36-19-17-34-57(59)66)48-24-20-23-47(41-48)49-42-64-68-65(43-49)73-63-45-55(71(52-29-12-4-13-30-52)53-31-14-5-15-32-53)38-40-61(63)69(68)60-39-37-54(44-62(60)72-64)70(50-25-8-2-9-26-50)51-27-10-3-11-28-51/h1-45H. The van der Waals surface area contributed by atoms with Crippen molar-refractivity contribution < 1.29 is 0 Å². The van der Waals surface area contributed by atoms with Crippen molar-refractivity contribution in [1.82, 2.24) is 0 Å². The van der Waals surface area contributed by atoms with E-state index >= 15 is 0 Å². The van der Waals surface area contributed by atoms with Gasteiger partial charge < -0.3 is 9.80 Å². The second-order valence-electron chi connectivity index (χ2n) is 18.8. The maximum Gasteiger partial charge on any atom is 0.247 e. The Morgan fingerprint density at radius 3 is 1.03 bits per heavy atom. The van der Waals surface area contributed by atoms with Gasteiger partial charge in [-0.15, -0.1) is 0 Å². The van der Waals surface area contributed by atoms with Crippen molar-refractivity contribution in [2.75, 3.05) is 9.80 Å². The fourth-order valence-electron chi connectivity index (χ4n) is 11.3. The van der Waals surface area contributed by atoms with Crippen LogP contribution in [0.4, 0.5) is 34.1 Å². The van der Waals surface area contributed by atoms with E-state index in [4.69, 9.17) is 0 Å². The average molecular weight is 965 g/mol. The summed E-state index contributed by atoms with van der Waals surface area (Å²) in [5.41, 5.74) is 18.3. The SMILES string of the molecule is c1ccc(-c2c3ccccc3c(-c3cccc(-c4cc5c6c(c4)Sc4cc(N(c7ccccc7)c7ccccc7)ccc4B6c4ccc(N(c6ccccc6)c6ccccc6)cc4S5)c3)c3ccccc23)cc1. The third kappa shape index (κ3) is 7.63. The van der Waals surface area contributed by atoms with E-state index in [0.29, 0.717) is 0 Å². The van der Waals surface area contributed by atoms with Crippen LogP contribution in [0.3, 0.4) is 0 Å². The Kier molecular flexibility index (Phi) is 10.9. The number of benzene rings is 12. The molecule has 2 heterocycles. The first-order valence-electron chi connectivity index (χ1n) is 24.9. The quantitative estimate of drug-likeness (QED) is 0.105. The molecule has 14 rings (SSSR count). The van der Waals surface area contributed by atoms with Gasteiger partial charge in [0.15, 0.2) is 0 Å². The van der Waals surface area contributed by atoms with Gasteiger partial charge in [-0.05, 0) is 151 Å². The number of nitrogens with zero attached hydrogens (tertiary/aromatic N) is 2. The molecule has 2 aliphatic rings. The van der Waals surface area contributed by atoms with Gasteiger partial charge in [-0.3, -0.25) is 0 Å². The second kappa shape index (κ2) is 18.3. The van der Waals surface area contributed by atoms with Gasteiger partial charge >= 0.3 is 0 Å². The summed E-state index contributed by atoms with van der Waals surface area (Å²) < 4.78 is 0. The number of hydrogen-bond donors (Lipinski definition) is 0. The molecule has 0 N–H and O–H groups in total. The van der Waals surface area contributed by atoms with Crippen LogP contribution < -0.4 is 26.2 Å². The maximum absolute atomic E-state index is 2.47. The largest absolute Gasteiger partial charge is 0.310 e. The van der Waals surface area contributed by atoms with Crippen LogP contribution in [0.1, 0.15) is 0 Å². The van der Waals surface area contributed by atoms with E-state index in [9.17, 15) is 0 Å². The van der Waals surface area contributed by atoms with E-state index in [0.717, 1.165) is 34.1 Å². The normalized spacial score (nSPS) is 12.2. The zero-order valence-corrected chi connectivity index (χ0v) is 41.4. The van der Waals surface area contributed by atoms with Crippen LogP contribution >= 0.6 is 23.5 Å². The van der Waals surface area contributed by atoms with Crippen LogP contribution in [0.2, 0.25) is 0 Å². The van der Waals surface area contributed by atoms with Gasteiger partial charge in [0, 0.05) is 53.7 Å². The number of rotatable bonds is 9. The molecule has 0 bridgehead atoms. The van der Waals surface area contributed by atoms with Gasteiger partial charge in [0.2, 0.25) is 6.71 Å². The van der Waals surface area contributed by atoms with Crippen molar-refractivity contribution >= 4 is 102 Å². The minimum absolute atomic E-state index is 0.0608. The van der Waals surface area contributed by atoms with Gasteiger partial charge in [-0.25, -0.2) is 0 Å². The third-order valence-electron chi connectivity index (χ3n) is 14.5. The molecular formula is C68H45BN2S2. The van der Waals surface area contributed by atoms with E-state index in [-0.39, 0.29) is 6.71 Å². The van der Waals surface area contributed by atoms with Crippen LogP contribution in [0.25, 0.3) is 54.9 Å². The number of hydrogen-bond acceptors (Lipinski definition) is 4. The Bertz CT molecular complexity index is 3740. The summed E-state index contributed by atoms with van der Waals surface area (Å²) in [5.74, 6) is 0. The lowest BCUT2D eigenvalue weighted by Gasteiger charge is -2.35. The molecule has 2 nitrogen and oxygen atoms in total. The minimum atomic E-state index is 0.0608. The smallest absolute Gasteiger partial charge is 0.247 e. The molecule has 342 valence electrons. The molecule has 0 saturated heterocycles. The topological polar surface area (TPSA) is 6.48 Å². The van der Waals surface area contributed by atoms with E-state index in [1.807, 2.05) is 23.5 Å². The van der Waals surface area contributed by atoms with E-state index in [1.54, 1.807) is 0 Å². The highest BCUT2D eigenvalue weighted by molar-refractivity contribution is 8.01. The van der Waals surface area contributed by atoms with Crippen LogP contribution in [0.15, 0.2) is 293 Å². The molecule has 0 aromatic heterocycles. The molecule has 0 saturated carbocycles. The Hall–Kier alpha value is -8.48. The molecule has 2 aliphatic heterocycles. The minimum Gasteiger partial charge on any atom is -0.310 e. The fourth-order valence-corrected chi connectivity index (χ4v) is 13.9. The first kappa shape index (κ1) is 43.3. The van der Waals surface area contributed by atoms with Crippen LogP contribution in [0, 0.1) is 0 Å². The maximum atomic E-state index is 2.47. The highest BCUT2D eigenvalue weighted by Crippen LogP contribution is 2.47. The van der Waals surface area contributed by atoms with Crippen molar-refractivity contribution in [2.24, 2.45) is 0 Å². The Labute approximate surface area is 435 Å². The van der Waals surface area contributed by atoms with Gasteiger partial charge in [-0.1, -0.05) is 216 Å². The average Bonchev–Trinajstić information content (AvgIpc) is 3.46. The summed E-state index contributed by atoms with van der Waals surface area (Å²) in [6.45, 7) is 0.0608. The summed E-state index contributed by atoms with van der Waals surface area (Å²) >= 11 is 3.83. The Morgan fingerprint density at radius 2 is 0.603 bits per heavy atom. The molecule has 0 radical (unpaired) electrons. The van der Waals surface area contributed by atoms with Gasteiger partial charge in [0.25, 0.3) is 0 Å². The zero-order valence-electron chi connectivity index (χ0n) is 39.8. The summed E-state index contributed by atoms with van der Waals surface area (Å²) in [7, 11) is 0. The van der Waals surface area contributed by atoms with Crippen LogP contribution in [-0.4, -0.2) is 6.71 Å². The van der Waals surface area contributed by atoms with E-state index in [1.165, 1.54) is 90.9 Å². The summed E-state index contributed by atoms with van der Waals surface area (Å²) in [4.78, 5) is 9.91. The first-order chi connectivity index (χ1) is 36.2. The summed E-state index contributed by atoms with van der Waals surface area (Å²) in [5, 5.41) is 5.03. The predicted molar refractivity (Wildman–Crippen MR) is 313 cm³/mol. The molecule has 0 amide bonds. The Balaban J connectivity index is 0.947. The van der Waals surface area contributed by atoms with Crippen molar-refractivity contribution in [3.8, 4) is 33.4 Å². The summed E-state index contributed by atoms with van der Waals surface area (Å²) in [6.07, 6.45) is 0. The summed E-state index contributed by atoms with van der Waals surface area (Å²) in [6, 6.07) is 100. The van der Waals surface area contributed by atoms with Gasteiger partial charge in [-0.2, -0.15) is 0 Å². The van der Waals surface area contributed by atoms with Crippen LogP contribution in [0.5, 0.6) is 0 Å².